The van der Waals surface area contributed by atoms with E-state index < -0.39 is 0 Å². The molecule has 2 aliphatic heterocycles. The lowest BCUT2D eigenvalue weighted by Gasteiger charge is -2.55. The van der Waals surface area contributed by atoms with Crippen LogP contribution in [-0.4, -0.2) is 55.1 Å². The van der Waals surface area contributed by atoms with Crippen LogP contribution in [0.4, 0.5) is 4.79 Å². The van der Waals surface area contributed by atoms with Crippen molar-refractivity contribution in [1.29, 1.82) is 0 Å². The monoisotopic (exact) mass is 474 g/mol. The van der Waals surface area contributed by atoms with Gasteiger partial charge in [0.05, 0.1) is 0 Å². The third-order valence-corrected chi connectivity index (χ3v) is 9.13. The summed E-state index contributed by atoms with van der Waals surface area (Å²) in [6, 6.07) is 20.3. The van der Waals surface area contributed by atoms with Gasteiger partial charge in [0.15, 0.2) is 0 Å². The second kappa shape index (κ2) is 10.7. The van der Waals surface area contributed by atoms with Gasteiger partial charge in [-0.2, -0.15) is 0 Å². The largest absolute Gasteiger partial charge is 0.341 e. The fraction of sp³-hybridized carbons (Fsp3) is 0.567. The van der Waals surface area contributed by atoms with Gasteiger partial charge in [-0.1, -0.05) is 67.9 Å². The predicted octanol–water partition coefficient (Wildman–Crippen LogP) is 4.77. The van der Waals surface area contributed by atoms with Crippen LogP contribution in [-0.2, 0) is 18.5 Å². The number of likely N-dealkylation sites (N-methyl/N-ethyl adjacent to an activating group) is 1. The Bertz CT molecular complexity index is 987. The summed E-state index contributed by atoms with van der Waals surface area (Å²) in [5.41, 5.74) is 4.57. The summed E-state index contributed by atoms with van der Waals surface area (Å²) in [5, 5.41) is 6.17. The average molecular weight is 475 g/mol. The highest BCUT2D eigenvalue weighted by Crippen LogP contribution is 2.53. The normalized spacial score (nSPS) is 27.9. The van der Waals surface area contributed by atoms with Crippen molar-refractivity contribution in [3.05, 3.63) is 71.3 Å². The minimum atomic E-state index is -0.0360. The Balaban J connectivity index is 1.46. The van der Waals surface area contributed by atoms with E-state index in [-0.39, 0.29) is 17.5 Å². The van der Waals surface area contributed by atoms with Crippen molar-refractivity contribution < 1.29 is 4.79 Å². The molecule has 5 nitrogen and oxygen atoms in total. The van der Waals surface area contributed by atoms with Gasteiger partial charge in [-0.3, -0.25) is 9.80 Å². The molecule has 0 bridgehead atoms. The number of urea groups is 1. The van der Waals surface area contributed by atoms with Crippen molar-refractivity contribution in [2.45, 2.75) is 63.6 Å². The van der Waals surface area contributed by atoms with Gasteiger partial charge in [0.1, 0.15) is 0 Å². The highest BCUT2D eigenvalue weighted by molar-refractivity contribution is 5.74. The lowest BCUT2D eigenvalue weighted by atomic mass is 9.56. The number of carbonyl (C=O) groups excluding carboxylic acids is 1. The van der Waals surface area contributed by atoms with Gasteiger partial charge in [0, 0.05) is 38.1 Å². The Morgan fingerprint density at radius 2 is 1.71 bits per heavy atom. The van der Waals surface area contributed by atoms with E-state index in [4.69, 9.17) is 0 Å². The Hall–Kier alpha value is -2.37. The summed E-state index contributed by atoms with van der Waals surface area (Å²) in [4.78, 5) is 17.7. The average Bonchev–Trinajstić information content (AvgIpc) is 3.37. The van der Waals surface area contributed by atoms with Crippen LogP contribution in [0.5, 0.6) is 0 Å². The highest BCUT2D eigenvalue weighted by Gasteiger charge is 2.54. The van der Waals surface area contributed by atoms with Gasteiger partial charge >= 0.3 is 6.03 Å². The van der Waals surface area contributed by atoms with E-state index in [1.807, 2.05) is 0 Å². The molecule has 188 valence electrons. The number of benzene rings is 2. The molecule has 1 aliphatic carbocycles. The van der Waals surface area contributed by atoms with Gasteiger partial charge in [0.25, 0.3) is 0 Å². The van der Waals surface area contributed by atoms with E-state index >= 15 is 0 Å². The Morgan fingerprint density at radius 1 is 0.971 bits per heavy atom. The Kier molecular flexibility index (Phi) is 7.45. The van der Waals surface area contributed by atoms with Gasteiger partial charge in [-0.15, -0.1) is 0 Å². The molecule has 2 aromatic rings. The topological polar surface area (TPSA) is 47.6 Å². The molecule has 2 amide bonds. The number of nitrogens with zero attached hydrogens (tertiary/aromatic N) is 2. The number of hydrogen-bond acceptors (Lipinski definition) is 3. The zero-order chi connectivity index (χ0) is 24.3. The third-order valence-electron chi connectivity index (χ3n) is 9.13. The molecule has 5 rings (SSSR count). The molecule has 5 heteroatoms. The Labute approximate surface area is 211 Å². The van der Waals surface area contributed by atoms with Crippen molar-refractivity contribution in [1.82, 2.24) is 20.4 Å². The molecule has 1 saturated heterocycles. The van der Waals surface area contributed by atoms with E-state index in [0.29, 0.717) is 11.8 Å². The van der Waals surface area contributed by atoms with E-state index in [9.17, 15) is 4.79 Å². The van der Waals surface area contributed by atoms with Crippen molar-refractivity contribution in [3.63, 3.8) is 0 Å². The van der Waals surface area contributed by atoms with Gasteiger partial charge < -0.3 is 10.6 Å². The van der Waals surface area contributed by atoms with Crippen LogP contribution in [0.1, 0.15) is 55.7 Å². The standard InChI is InChI=1S/C30H42N4O/c1-3-33-21-24-12-7-8-13-26(24)30(22-33,27-14-9-15-28(27)32-29(35)31-2)25-16-18-34(19-17-25)20-23-10-5-4-6-11-23/h4-8,10-13,25,27-28H,3,9,14-22H2,1-2H3,(H2,31,32,35)/t27-,28-,30?/m0/s1. The number of hydrogen-bond donors (Lipinski definition) is 2. The number of fused-ring (bicyclic) bond motifs is 1. The SMILES string of the molecule is CCN1Cc2ccccc2C(C2CCN(Cc3ccccc3)CC2)([C@H]2CCC[C@@H]2NC(=O)NC)C1. The molecule has 35 heavy (non-hydrogen) atoms. The zero-order valence-electron chi connectivity index (χ0n) is 21.5. The smallest absolute Gasteiger partial charge is 0.314 e. The number of likely N-dealkylation sites (tertiary alicyclic amines) is 1. The number of amides is 2. The van der Waals surface area contributed by atoms with Crippen LogP contribution in [0.25, 0.3) is 0 Å². The third kappa shape index (κ3) is 4.85. The van der Waals surface area contributed by atoms with Crippen molar-refractivity contribution >= 4 is 6.03 Å². The van der Waals surface area contributed by atoms with E-state index in [2.05, 4.69) is 82.0 Å². The van der Waals surface area contributed by atoms with Crippen LogP contribution in [0.3, 0.4) is 0 Å². The molecule has 1 saturated carbocycles. The number of carbonyl (C=O) groups is 1. The first-order valence-electron chi connectivity index (χ1n) is 13.7. The summed E-state index contributed by atoms with van der Waals surface area (Å²) in [6.45, 7) is 8.87. The molecule has 3 aliphatic rings. The summed E-state index contributed by atoms with van der Waals surface area (Å²) in [7, 11) is 1.73. The number of piperidine rings is 1. The maximum absolute atomic E-state index is 12.4. The minimum Gasteiger partial charge on any atom is -0.341 e. The minimum absolute atomic E-state index is 0.0360. The maximum atomic E-state index is 12.4. The van der Waals surface area contributed by atoms with Crippen LogP contribution >= 0.6 is 0 Å². The van der Waals surface area contributed by atoms with Gasteiger partial charge in [-0.25, -0.2) is 4.79 Å². The van der Waals surface area contributed by atoms with Crippen molar-refractivity contribution in [2.24, 2.45) is 11.8 Å². The fourth-order valence-electron chi connectivity index (χ4n) is 7.49. The molecule has 2 aromatic carbocycles. The van der Waals surface area contributed by atoms with E-state index in [1.54, 1.807) is 12.6 Å². The molecule has 0 spiro atoms. The van der Waals surface area contributed by atoms with Gasteiger partial charge in [0.2, 0.25) is 0 Å². The van der Waals surface area contributed by atoms with Crippen LogP contribution < -0.4 is 10.6 Å². The van der Waals surface area contributed by atoms with E-state index in [0.717, 1.165) is 45.7 Å². The molecule has 2 heterocycles. The summed E-state index contributed by atoms with van der Waals surface area (Å²) >= 11 is 0. The molecule has 1 unspecified atom stereocenters. The second-order valence-electron chi connectivity index (χ2n) is 10.9. The summed E-state index contributed by atoms with van der Waals surface area (Å²) < 4.78 is 0. The van der Waals surface area contributed by atoms with Gasteiger partial charge in [-0.05, 0) is 73.8 Å². The summed E-state index contributed by atoms with van der Waals surface area (Å²) in [6.07, 6.45) is 5.93. The lowest BCUT2D eigenvalue weighted by Crippen LogP contribution is -2.60. The Morgan fingerprint density at radius 3 is 2.46 bits per heavy atom. The second-order valence-corrected chi connectivity index (χ2v) is 10.9. The van der Waals surface area contributed by atoms with Crippen molar-refractivity contribution in [3.8, 4) is 0 Å². The lowest BCUT2D eigenvalue weighted by molar-refractivity contribution is 0.0312. The van der Waals surface area contributed by atoms with Crippen molar-refractivity contribution in [2.75, 3.05) is 33.2 Å². The van der Waals surface area contributed by atoms with Crippen LogP contribution in [0, 0.1) is 11.8 Å². The highest BCUT2D eigenvalue weighted by atomic mass is 16.2. The summed E-state index contributed by atoms with van der Waals surface area (Å²) in [5.74, 6) is 1.10. The molecule has 0 radical (unpaired) electrons. The molecule has 0 aromatic heterocycles. The molecular weight excluding hydrogens is 432 g/mol. The first-order chi connectivity index (χ1) is 17.1. The zero-order valence-corrected chi connectivity index (χ0v) is 21.5. The first-order valence-corrected chi connectivity index (χ1v) is 13.7. The van der Waals surface area contributed by atoms with Crippen LogP contribution in [0.2, 0.25) is 0 Å². The number of nitrogens with one attached hydrogen (secondary N) is 2. The quantitative estimate of drug-likeness (QED) is 0.634. The molecule has 3 atom stereocenters. The van der Waals surface area contributed by atoms with Crippen LogP contribution in [0.15, 0.2) is 54.6 Å². The number of rotatable bonds is 6. The molecule has 2 N–H and O–H groups in total. The maximum Gasteiger partial charge on any atom is 0.314 e. The van der Waals surface area contributed by atoms with E-state index in [1.165, 1.54) is 36.8 Å². The first kappa shape index (κ1) is 24.3. The fourth-order valence-corrected chi connectivity index (χ4v) is 7.49. The predicted molar refractivity (Wildman–Crippen MR) is 142 cm³/mol. The molecule has 2 fully saturated rings. The molecular formula is C30H42N4O.